The summed E-state index contributed by atoms with van der Waals surface area (Å²) in [7, 11) is 0. The van der Waals surface area contributed by atoms with E-state index in [4.69, 9.17) is 39.6 Å². The van der Waals surface area contributed by atoms with Crippen molar-refractivity contribution in [2.75, 3.05) is 4.90 Å². The molecule has 132 valence electrons. The summed E-state index contributed by atoms with van der Waals surface area (Å²) in [6, 6.07) is 11.4. The molecular formula is C18H11Cl3N2O3. The Labute approximate surface area is 164 Å². The zero-order valence-corrected chi connectivity index (χ0v) is 15.5. The first kappa shape index (κ1) is 17.3. The van der Waals surface area contributed by atoms with Gasteiger partial charge in [0, 0.05) is 22.0 Å². The first-order valence-corrected chi connectivity index (χ1v) is 8.86. The smallest absolute Gasteiger partial charge is 0.281 e. The quantitative estimate of drug-likeness (QED) is 0.687. The van der Waals surface area contributed by atoms with Crippen molar-refractivity contribution in [1.29, 1.82) is 0 Å². The maximum Gasteiger partial charge on any atom is 0.281 e. The molecule has 0 unspecified atom stereocenters. The fraction of sp³-hybridized carbons (Fsp3) is 0.167. The van der Waals surface area contributed by atoms with Gasteiger partial charge in [-0.3, -0.25) is 9.59 Å². The van der Waals surface area contributed by atoms with Crippen molar-refractivity contribution in [2.45, 2.75) is 18.4 Å². The lowest BCUT2D eigenvalue weighted by Gasteiger charge is -2.19. The largest absolute Gasteiger partial charge is 0.378 e. The van der Waals surface area contributed by atoms with E-state index in [0.717, 1.165) is 4.90 Å². The zero-order chi connectivity index (χ0) is 18.5. The third-order valence-corrected chi connectivity index (χ3v) is 5.19. The minimum atomic E-state index is -1.34. The number of amides is 2. The first-order chi connectivity index (χ1) is 12.4. The van der Waals surface area contributed by atoms with E-state index in [1.54, 1.807) is 42.5 Å². The molecule has 0 aliphatic carbocycles. The Balaban J connectivity index is 1.62. The highest BCUT2D eigenvalue weighted by atomic mass is 35.5. The zero-order valence-electron chi connectivity index (χ0n) is 13.2. The molecule has 2 aromatic rings. The van der Waals surface area contributed by atoms with Gasteiger partial charge in [0.15, 0.2) is 0 Å². The van der Waals surface area contributed by atoms with Gasteiger partial charge < -0.3 is 4.84 Å². The van der Waals surface area contributed by atoms with E-state index in [-0.39, 0.29) is 18.7 Å². The van der Waals surface area contributed by atoms with E-state index < -0.39 is 11.5 Å². The Bertz CT molecular complexity index is 959. The number of oxime groups is 1. The Morgan fingerprint density at radius 1 is 0.962 bits per heavy atom. The van der Waals surface area contributed by atoms with Gasteiger partial charge in [-0.2, -0.15) is 0 Å². The van der Waals surface area contributed by atoms with Gasteiger partial charge in [0.05, 0.1) is 22.8 Å². The summed E-state index contributed by atoms with van der Waals surface area (Å²) in [5.41, 5.74) is 0.237. The number of rotatable bonds is 2. The summed E-state index contributed by atoms with van der Waals surface area (Å²) in [6.45, 7) is 0. The molecular weight excluding hydrogens is 399 g/mol. The molecule has 0 aromatic heterocycles. The maximum absolute atomic E-state index is 13.0. The molecule has 0 N–H and O–H groups in total. The third kappa shape index (κ3) is 2.76. The number of halogens is 3. The van der Waals surface area contributed by atoms with Crippen LogP contribution in [0.15, 0.2) is 47.6 Å². The average molecular weight is 410 g/mol. The van der Waals surface area contributed by atoms with Crippen LogP contribution in [0.3, 0.4) is 0 Å². The van der Waals surface area contributed by atoms with Crippen LogP contribution in [0.4, 0.5) is 5.69 Å². The number of nitrogens with zero attached hydrogens (tertiary/aromatic N) is 2. The van der Waals surface area contributed by atoms with Crippen molar-refractivity contribution in [1.82, 2.24) is 0 Å². The highest BCUT2D eigenvalue weighted by molar-refractivity contribution is 6.37. The number of hydrogen-bond acceptors (Lipinski definition) is 4. The number of anilines is 1. The molecule has 2 aromatic carbocycles. The highest BCUT2D eigenvalue weighted by Gasteiger charge is 2.58. The first-order valence-electron chi connectivity index (χ1n) is 7.73. The van der Waals surface area contributed by atoms with Crippen LogP contribution >= 0.6 is 34.8 Å². The average Bonchev–Trinajstić information content (AvgIpc) is 3.11. The number of carbonyl (C=O) groups is 2. The molecule has 4 rings (SSSR count). The minimum absolute atomic E-state index is 0.0906. The number of benzene rings is 2. The van der Waals surface area contributed by atoms with Crippen LogP contribution in [-0.2, 0) is 14.4 Å². The van der Waals surface area contributed by atoms with E-state index in [1.807, 2.05) is 0 Å². The second kappa shape index (κ2) is 6.27. The molecule has 1 atom stereocenters. The maximum atomic E-state index is 13.0. The predicted molar refractivity (Wildman–Crippen MR) is 100.0 cm³/mol. The van der Waals surface area contributed by atoms with Crippen LogP contribution in [0.5, 0.6) is 0 Å². The molecule has 2 aliphatic heterocycles. The van der Waals surface area contributed by atoms with Crippen LogP contribution in [0.2, 0.25) is 15.1 Å². The van der Waals surface area contributed by atoms with E-state index in [2.05, 4.69) is 5.16 Å². The van der Waals surface area contributed by atoms with Gasteiger partial charge in [0.1, 0.15) is 0 Å². The molecule has 2 amide bonds. The summed E-state index contributed by atoms with van der Waals surface area (Å²) < 4.78 is 0. The molecule has 5 nitrogen and oxygen atoms in total. The van der Waals surface area contributed by atoms with Crippen molar-refractivity contribution < 1.29 is 14.4 Å². The second-order valence-corrected chi connectivity index (χ2v) is 7.39. The van der Waals surface area contributed by atoms with Gasteiger partial charge >= 0.3 is 0 Å². The summed E-state index contributed by atoms with van der Waals surface area (Å²) in [4.78, 5) is 32.0. The van der Waals surface area contributed by atoms with Crippen molar-refractivity contribution in [3.63, 3.8) is 0 Å². The van der Waals surface area contributed by atoms with Crippen molar-refractivity contribution in [2.24, 2.45) is 5.16 Å². The molecule has 0 bridgehead atoms. The number of carbonyl (C=O) groups excluding carboxylic acids is 2. The third-order valence-electron chi connectivity index (χ3n) is 4.39. The molecule has 1 saturated heterocycles. The van der Waals surface area contributed by atoms with Gasteiger partial charge in [-0.25, -0.2) is 4.90 Å². The van der Waals surface area contributed by atoms with Crippen molar-refractivity contribution in [3.8, 4) is 0 Å². The van der Waals surface area contributed by atoms with Gasteiger partial charge in [-0.1, -0.05) is 46.0 Å². The molecule has 1 spiro atoms. The lowest BCUT2D eigenvalue weighted by molar-refractivity contribution is -0.136. The predicted octanol–water partition coefficient (Wildman–Crippen LogP) is 4.47. The number of hydrogen-bond donors (Lipinski definition) is 0. The Hall–Kier alpha value is -2.08. The standard InChI is InChI=1S/C18H11Cl3N2O3/c19-10-1-4-12(5-2-10)23-16(24)9-18(17(23)25)8-15(22-26-18)13-6-3-11(20)7-14(13)21/h1-7H,8-9H2/t18-/m1/s1. The lowest BCUT2D eigenvalue weighted by atomic mass is 9.92. The fourth-order valence-electron chi connectivity index (χ4n) is 3.12. The van der Waals surface area contributed by atoms with Crippen LogP contribution in [0, 0.1) is 0 Å². The van der Waals surface area contributed by atoms with E-state index >= 15 is 0 Å². The highest BCUT2D eigenvalue weighted by Crippen LogP contribution is 2.40. The topological polar surface area (TPSA) is 59.0 Å². The molecule has 26 heavy (non-hydrogen) atoms. The van der Waals surface area contributed by atoms with Crippen molar-refractivity contribution in [3.05, 3.63) is 63.1 Å². The van der Waals surface area contributed by atoms with E-state index in [0.29, 0.717) is 32.0 Å². The van der Waals surface area contributed by atoms with Crippen LogP contribution in [-0.4, -0.2) is 23.1 Å². The SMILES string of the molecule is O=C1C[C@]2(CC(c3ccc(Cl)cc3Cl)=NO2)C(=O)N1c1ccc(Cl)cc1. The van der Waals surface area contributed by atoms with E-state index in [1.165, 1.54) is 0 Å². The summed E-state index contributed by atoms with van der Waals surface area (Å²) in [5.74, 6) is -0.801. The Morgan fingerprint density at radius 2 is 1.65 bits per heavy atom. The molecule has 0 radical (unpaired) electrons. The summed E-state index contributed by atoms with van der Waals surface area (Å²) in [6.07, 6.45) is 0.0652. The Morgan fingerprint density at radius 3 is 2.35 bits per heavy atom. The van der Waals surface area contributed by atoms with Crippen LogP contribution in [0.1, 0.15) is 18.4 Å². The lowest BCUT2D eigenvalue weighted by Crippen LogP contribution is -2.40. The fourth-order valence-corrected chi connectivity index (χ4v) is 3.77. The molecule has 2 heterocycles. The Kier molecular flexibility index (Phi) is 4.18. The van der Waals surface area contributed by atoms with Gasteiger partial charge in [0.2, 0.25) is 11.5 Å². The number of imide groups is 1. The molecule has 8 heteroatoms. The second-order valence-electron chi connectivity index (χ2n) is 6.11. The van der Waals surface area contributed by atoms with Gasteiger partial charge in [-0.15, -0.1) is 0 Å². The minimum Gasteiger partial charge on any atom is -0.378 e. The summed E-state index contributed by atoms with van der Waals surface area (Å²) in [5, 5.41) is 5.44. The molecule has 0 saturated carbocycles. The van der Waals surface area contributed by atoms with Crippen LogP contribution < -0.4 is 4.90 Å². The van der Waals surface area contributed by atoms with Crippen molar-refractivity contribution >= 4 is 58.0 Å². The molecule has 1 fully saturated rings. The monoisotopic (exact) mass is 408 g/mol. The van der Waals surface area contributed by atoms with Crippen LogP contribution in [0.25, 0.3) is 0 Å². The van der Waals surface area contributed by atoms with Gasteiger partial charge in [-0.05, 0) is 36.4 Å². The normalized spacial score (nSPS) is 22.1. The summed E-state index contributed by atoms with van der Waals surface area (Å²) >= 11 is 18.0. The molecule has 2 aliphatic rings. The van der Waals surface area contributed by atoms with E-state index in [9.17, 15) is 9.59 Å². The van der Waals surface area contributed by atoms with Gasteiger partial charge in [0.25, 0.3) is 5.91 Å².